The van der Waals surface area contributed by atoms with Gasteiger partial charge in [0.1, 0.15) is 0 Å². The minimum atomic E-state index is -5.08. The summed E-state index contributed by atoms with van der Waals surface area (Å²) in [5.41, 5.74) is 6.40. The Morgan fingerprint density at radius 2 is 1.84 bits per heavy atom. The molecule has 0 spiro atoms. The second-order valence-electron chi connectivity index (χ2n) is 8.97. The number of carboxylic acids is 1. The normalized spacial score (nSPS) is 18.1. The number of imidazole rings is 1. The topological polar surface area (TPSA) is 78.0 Å². The van der Waals surface area contributed by atoms with E-state index in [1.54, 1.807) is 6.33 Å². The molecule has 8 heteroatoms. The van der Waals surface area contributed by atoms with Gasteiger partial charge in [-0.05, 0) is 53.5 Å². The van der Waals surface area contributed by atoms with Crippen molar-refractivity contribution in [3.8, 4) is 11.1 Å². The summed E-state index contributed by atoms with van der Waals surface area (Å²) in [6, 6.07) is 16.0. The zero-order valence-electron chi connectivity index (χ0n) is 18.2. The number of carbonyl (C=O) groups is 1. The number of hydrogen-bond acceptors (Lipinski definition) is 3. The number of hydrogen-bond donors (Lipinski definition) is 3. The van der Waals surface area contributed by atoms with Crippen LogP contribution in [0.2, 0.25) is 0 Å². The van der Waals surface area contributed by atoms with Crippen LogP contribution in [0.15, 0.2) is 48.8 Å². The number of nitrogens with zero attached hydrogens (tertiary/aromatic N) is 1. The van der Waals surface area contributed by atoms with Gasteiger partial charge in [0.2, 0.25) is 0 Å². The van der Waals surface area contributed by atoms with Crippen LogP contribution in [0.5, 0.6) is 0 Å². The molecule has 1 aliphatic rings. The summed E-state index contributed by atoms with van der Waals surface area (Å²) in [4.78, 5) is 16.4. The van der Waals surface area contributed by atoms with Gasteiger partial charge in [-0.25, -0.2) is 9.78 Å². The fourth-order valence-corrected chi connectivity index (χ4v) is 4.06. The van der Waals surface area contributed by atoms with E-state index < -0.39 is 12.1 Å². The van der Waals surface area contributed by atoms with Crippen molar-refractivity contribution in [1.82, 2.24) is 15.3 Å². The predicted octanol–water partition coefficient (Wildman–Crippen LogP) is 5.92. The van der Waals surface area contributed by atoms with Crippen LogP contribution < -0.4 is 5.32 Å². The molecule has 2 aromatic carbocycles. The summed E-state index contributed by atoms with van der Waals surface area (Å²) in [7, 11) is 0. The molecular formula is C24H28F3N3O2. The highest BCUT2D eigenvalue weighted by Gasteiger charge is 2.38. The van der Waals surface area contributed by atoms with Crippen molar-refractivity contribution in [1.29, 1.82) is 0 Å². The molecule has 0 amide bonds. The quantitative estimate of drug-likeness (QED) is 0.464. The van der Waals surface area contributed by atoms with Crippen LogP contribution >= 0.6 is 0 Å². The van der Waals surface area contributed by atoms with Gasteiger partial charge in [-0.15, -0.1) is 0 Å². The van der Waals surface area contributed by atoms with Crippen molar-refractivity contribution >= 4 is 17.0 Å². The maximum absolute atomic E-state index is 10.6. The molecule has 0 aliphatic heterocycles. The molecule has 3 N–H and O–H groups in total. The van der Waals surface area contributed by atoms with E-state index in [0.717, 1.165) is 17.6 Å². The SMILES string of the molecule is CC1(C)CCC[C@@H](NCc2ccc(-c3ccc4[nH]cnc4c3)cc2)C1.O=C(O)C(F)(F)F. The van der Waals surface area contributed by atoms with Crippen LogP contribution in [0.3, 0.4) is 0 Å². The van der Waals surface area contributed by atoms with E-state index >= 15 is 0 Å². The van der Waals surface area contributed by atoms with E-state index in [4.69, 9.17) is 9.90 Å². The van der Waals surface area contributed by atoms with Crippen LogP contribution in [0.25, 0.3) is 22.2 Å². The number of aromatic amines is 1. The molecule has 0 unspecified atom stereocenters. The van der Waals surface area contributed by atoms with Crippen molar-refractivity contribution in [3.63, 3.8) is 0 Å². The fourth-order valence-electron chi connectivity index (χ4n) is 4.06. The lowest BCUT2D eigenvalue weighted by Gasteiger charge is -2.35. The van der Waals surface area contributed by atoms with E-state index in [2.05, 4.69) is 71.6 Å². The maximum Gasteiger partial charge on any atom is 0.490 e. The number of aromatic nitrogens is 2. The smallest absolute Gasteiger partial charge is 0.475 e. The molecule has 1 fully saturated rings. The van der Waals surface area contributed by atoms with E-state index in [0.29, 0.717) is 11.5 Å². The molecule has 0 bridgehead atoms. The molecule has 0 radical (unpaired) electrons. The average Bonchev–Trinajstić information content (AvgIpc) is 3.20. The lowest BCUT2D eigenvalue weighted by atomic mass is 9.75. The van der Waals surface area contributed by atoms with E-state index in [1.165, 1.54) is 42.4 Å². The number of H-pyrrole nitrogens is 1. The van der Waals surface area contributed by atoms with Gasteiger partial charge >= 0.3 is 12.1 Å². The highest BCUT2D eigenvalue weighted by atomic mass is 19.4. The van der Waals surface area contributed by atoms with Crippen molar-refractivity contribution in [2.24, 2.45) is 5.41 Å². The molecule has 1 aromatic heterocycles. The standard InChI is InChI=1S/C22H27N3.C2HF3O2/c1-22(2)11-3-4-19(13-22)23-14-16-5-7-17(8-6-16)18-9-10-20-21(12-18)25-15-24-20;3-2(4,5)1(6)7/h5-10,12,15,19,23H,3-4,11,13-14H2,1-2H3,(H,24,25);(H,6,7)/t19-;/m1./s1. The van der Waals surface area contributed by atoms with Gasteiger partial charge in [0, 0.05) is 12.6 Å². The third kappa shape index (κ3) is 6.56. The molecule has 0 saturated heterocycles. The summed E-state index contributed by atoms with van der Waals surface area (Å²) in [6.45, 7) is 5.75. The predicted molar refractivity (Wildman–Crippen MR) is 118 cm³/mol. The lowest BCUT2D eigenvalue weighted by Crippen LogP contribution is -2.36. The van der Waals surface area contributed by atoms with E-state index in [-0.39, 0.29) is 0 Å². The Kier molecular flexibility index (Phi) is 7.23. The number of alkyl halides is 3. The Morgan fingerprint density at radius 3 is 2.47 bits per heavy atom. The molecule has 1 atom stereocenters. The summed E-state index contributed by atoms with van der Waals surface area (Å²) in [5, 5.41) is 10.9. The van der Waals surface area contributed by atoms with Gasteiger partial charge in [-0.3, -0.25) is 0 Å². The third-order valence-electron chi connectivity index (χ3n) is 5.75. The Balaban J connectivity index is 0.000000360. The lowest BCUT2D eigenvalue weighted by molar-refractivity contribution is -0.192. The molecular weight excluding hydrogens is 419 g/mol. The van der Waals surface area contributed by atoms with Gasteiger partial charge < -0.3 is 15.4 Å². The molecule has 3 aromatic rings. The second kappa shape index (κ2) is 9.73. The first-order valence-electron chi connectivity index (χ1n) is 10.6. The number of aliphatic carboxylic acids is 1. The first-order valence-corrected chi connectivity index (χ1v) is 10.6. The van der Waals surface area contributed by atoms with Gasteiger partial charge in [0.15, 0.2) is 0 Å². The Hall–Kier alpha value is -2.87. The van der Waals surface area contributed by atoms with Gasteiger partial charge in [0.25, 0.3) is 0 Å². The minimum absolute atomic E-state index is 0.491. The summed E-state index contributed by atoms with van der Waals surface area (Å²) >= 11 is 0. The van der Waals surface area contributed by atoms with Crippen molar-refractivity contribution in [3.05, 3.63) is 54.4 Å². The van der Waals surface area contributed by atoms with Crippen molar-refractivity contribution < 1.29 is 23.1 Å². The first kappa shape index (κ1) is 23.8. The summed E-state index contributed by atoms with van der Waals surface area (Å²) in [5.74, 6) is -2.76. The first-order chi connectivity index (χ1) is 15.0. The molecule has 172 valence electrons. The number of carboxylic acid groups (broad SMARTS) is 1. The number of nitrogens with one attached hydrogen (secondary N) is 2. The molecule has 4 rings (SSSR count). The monoisotopic (exact) mass is 447 g/mol. The number of benzene rings is 2. The number of fused-ring (bicyclic) bond motifs is 1. The molecule has 32 heavy (non-hydrogen) atoms. The summed E-state index contributed by atoms with van der Waals surface area (Å²) < 4.78 is 31.7. The number of halogens is 3. The Morgan fingerprint density at radius 1 is 1.19 bits per heavy atom. The third-order valence-corrected chi connectivity index (χ3v) is 5.75. The average molecular weight is 448 g/mol. The minimum Gasteiger partial charge on any atom is -0.475 e. The van der Waals surface area contributed by atoms with E-state index in [1.807, 2.05) is 0 Å². The van der Waals surface area contributed by atoms with Crippen LogP contribution in [0.1, 0.15) is 45.1 Å². The van der Waals surface area contributed by atoms with Gasteiger partial charge in [0.05, 0.1) is 17.4 Å². The zero-order valence-corrected chi connectivity index (χ0v) is 18.2. The van der Waals surface area contributed by atoms with Gasteiger partial charge in [-0.2, -0.15) is 13.2 Å². The second-order valence-corrected chi connectivity index (χ2v) is 8.97. The largest absolute Gasteiger partial charge is 0.490 e. The van der Waals surface area contributed by atoms with Crippen LogP contribution in [0.4, 0.5) is 13.2 Å². The molecule has 1 heterocycles. The Labute approximate surface area is 185 Å². The molecule has 5 nitrogen and oxygen atoms in total. The highest BCUT2D eigenvalue weighted by Crippen LogP contribution is 2.35. The van der Waals surface area contributed by atoms with Crippen molar-refractivity contribution in [2.75, 3.05) is 0 Å². The van der Waals surface area contributed by atoms with Crippen LogP contribution in [0, 0.1) is 5.41 Å². The van der Waals surface area contributed by atoms with E-state index in [9.17, 15) is 13.2 Å². The maximum atomic E-state index is 10.6. The zero-order chi connectivity index (χ0) is 23.4. The van der Waals surface area contributed by atoms with Crippen molar-refractivity contribution in [2.45, 2.75) is 58.3 Å². The fraction of sp³-hybridized carbons (Fsp3) is 0.417. The molecule has 1 saturated carbocycles. The summed E-state index contributed by atoms with van der Waals surface area (Å²) in [6.07, 6.45) is 1.97. The Bertz CT molecular complexity index is 1040. The van der Waals surface area contributed by atoms with Crippen LogP contribution in [-0.4, -0.2) is 33.3 Å². The molecule has 1 aliphatic carbocycles. The number of rotatable bonds is 4. The van der Waals surface area contributed by atoms with Crippen LogP contribution in [-0.2, 0) is 11.3 Å². The highest BCUT2D eigenvalue weighted by molar-refractivity contribution is 5.81. The van der Waals surface area contributed by atoms with Gasteiger partial charge in [-0.1, -0.05) is 50.6 Å².